The number of ether oxygens (including phenoxy) is 1. The second kappa shape index (κ2) is 4.80. The molecule has 0 radical (unpaired) electrons. The summed E-state index contributed by atoms with van der Waals surface area (Å²) in [6, 6.07) is 7.98. The van der Waals surface area contributed by atoms with Gasteiger partial charge in [0.15, 0.2) is 0 Å². The fraction of sp³-hybridized carbons (Fsp3) is 0.333. The first-order valence-corrected chi connectivity index (χ1v) is 6.24. The minimum Gasteiger partial charge on any atom is -0.456 e. The van der Waals surface area contributed by atoms with Crippen molar-refractivity contribution in [2.75, 3.05) is 0 Å². The maximum absolute atomic E-state index is 5.49. The molecule has 0 bridgehead atoms. The van der Waals surface area contributed by atoms with Gasteiger partial charge in [-0.3, -0.25) is 0 Å². The number of halogens is 3. The van der Waals surface area contributed by atoms with Crippen LogP contribution in [-0.2, 0) is 6.42 Å². The van der Waals surface area contributed by atoms with Crippen LogP contribution in [0.4, 0.5) is 0 Å². The van der Waals surface area contributed by atoms with E-state index in [4.69, 9.17) is 4.74 Å². The molecule has 1 aromatic carbocycles. The average molecular weight is 373 g/mol. The van der Waals surface area contributed by atoms with Crippen molar-refractivity contribution < 1.29 is 4.74 Å². The second-order valence-corrected chi connectivity index (χ2v) is 9.09. The van der Waals surface area contributed by atoms with Crippen molar-refractivity contribution in [3.8, 4) is 5.75 Å². The largest absolute Gasteiger partial charge is 0.456 e. The molecule has 0 aliphatic rings. The zero-order valence-electron chi connectivity index (χ0n) is 7.06. The van der Waals surface area contributed by atoms with Crippen molar-refractivity contribution in [2.45, 2.75) is 15.7 Å². The number of alkyl halides is 3. The molecule has 0 saturated heterocycles. The normalized spacial score (nSPS) is 11.4. The van der Waals surface area contributed by atoms with E-state index in [1.165, 1.54) is 5.56 Å². The topological polar surface area (TPSA) is 9.23 Å². The van der Waals surface area contributed by atoms with E-state index in [0.29, 0.717) is 0 Å². The quantitative estimate of drug-likeness (QED) is 0.698. The van der Waals surface area contributed by atoms with E-state index < -0.39 is 2.33 Å². The lowest BCUT2D eigenvalue weighted by Gasteiger charge is -2.15. The van der Waals surface area contributed by atoms with Crippen LogP contribution in [0, 0.1) is 0 Å². The molecule has 0 aromatic heterocycles. The summed E-state index contributed by atoms with van der Waals surface area (Å²) in [5.41, 5.74) is 1.26. The zero-order chi connectivity index (χ0) is 9.90. The van der Waals surface area contributed by atoms with Crippen LogP contribution in [0.25, 0.3) is 0 Å². The molecule has 0 unspecified atom stereocenters. The van der Waals surface area contributed by atoms with Crippen molar-refractivity contribution in [3.05, 3.63) is 29.8 Å². The van der Waals surface area contributed by atoms with Gasteiger partial charge in [-0.15, -0.1) is 0 Å². The Labute approximate surface area is 103 Å². The molecule has 0 amide bonds. The van der Waals surface area contributed by atoms with Gasteiger partial charge < -0.3 is 4.74 Å². The fourth-order valence-electron chi connectivity index (χ4n) is 0.963. The Morgan fingerprint density at radius 1 is 1.31 bits per heavy atom. The SMILES string of the molecule is CCc1cccc(OC(Br)(Br)Br)c1. The first kappa shape index (κ1) is 11.5. The van der Waals surface area contributed by atoms with Gasteiger partial charge in [-0.1, -0.05) is 19.1 Å². The number of hydrogen-bond donors (Lipinski definition) is 0. The van der Waals surface area contributed by atoms with Crippen molar-refractivity contribution >= 4 is 47.8 Å². The van der Waals surface area contributed by atoms with Crippen LogP contribution >= 0.6 is 47.8 Å². The molecule has 0 aliphatic carbocycles. The lowest BCUT2D eigenvalue weighted by atomic mass is 10.2. The van der Waals surface area contributed by atoms with Gasteiger partial charge in [0, 0.05) is 0 Å². The van der Waals surface area contributed by atoms with E-state index in [-0.39, 0.29) is 0 Å². The van der Waals surface area contributed by atoms with E-state index in [9.17, 15) is 0 Å². The molecule has 0 aliphatic heterocycles. The molecule has 4 heteroatoms. The molecule has 13 heavy (non-hydrogen) atoms. The third-order valence-corrected chi connectivity index (χ3v) is 2.03. The van der Waals surface area contributed by atoms with E-state index in [1.807, 2.05) is 18.2 Å². The van der Waals surface area contributed by atoms with Crippen LogP contribution in [-0.4, -0.2) is 2.33 Å². The predicted octanol–water partition coefficient (Wildman–Crippen LogP) is 4.42. The maximum Gasteiger partial charge on any atom is 0.272 e. The lowest BCUT2D eigenvalue weighted by molar-refractivity contribution is 0.356. The summed E-state index contributed by atoms with van der Waals surface area (Å²) in [4.78, 5) is 0. The molecule has 0 fully saturated rings. The minimum atomic E-state index is -0.667. The Bertz CT molecular complexity index is 280. The highest BCUT2D eigenvalue weighted by molar-refractivity contribution is 9.39. The highest BCUT2D eigenvalue weighted by Crippen LogP contribution is 2.36. The summed E-state index contributed by atoms with van der Waals surface area (Å²) in [5.74, 6) is 0.824. The monoisotopic (exact) mass is 370 g/mol. The van der Waals surface area contributed by atoms with E-state index in [2.05, 4.69) is 60.8 Å². The average Bonchev–Trinajstić information content (AvgIpc) is 2.01. The Morgan fingerprint density at radius 2 is 2.00 bits per heavy atom. The first-order chi connectivity index (χ1) is 6.01. The smallest absolute Gasteiger partial charge is 0.272 e. The summed E-state index contributed by atoms with van der Waals surface area (Å²) < 4.78 is 4.83. The third-order valence-electron chi connectivity index (χ3n) is 1.54. The molecule has 0 N–H and O–H groups in total. The van der Waals surface area contributed by atoms with Gasteiger partial charge in [-0.25, -0.2) is 0 Å². The Hall–Kier alpha value is 0.460. The maximum atomic E-state index is 5.49. The number of hydrogen-bond acceptors (Lipinski definition) is 1. The standard InChI is InChI=1S/C9H9Br3O/c1-2-7-4-3-5-8(6-7)13-9(10,11)12/h3-6H,2H2,1H3. The van der Waals surface area contributed by atoms with Crippen LogP contribution in [0.2, 0.25) is 0 Å². The molecular formula is C9H9Br3O. The Balaban J connectivity index is 2.78. The van der Waals surface area contributed by atoms with Crippen LogP contribution in [0.1, 0.15) is 12.5 Å². The molecule has 0 atom stereocenters. The van der Waals surface area contributed by atoms with Gasteiger partial charge in [0.05, 0.1) is 0 Å². The second-order valence-electron chi connectivity index (χ2n) is 2.55. The Morgan fingerprint density at radius 3 is 2.54 bits per heavy atom. The molecule has 72 valence electrons. The predicted molar refractivity (Wildman–Crippen MR) is 66.0 cm³/mol. The molecule has 1 rings (SSSR count). The third kappa shape index (κ3) is 4.47. The highest BCUT2D eigenvalue weighted by atomic mass is 80.0. The summed E-state index contributed by atoms with van der Waals surface area (Å²) in [5, 5.41) is 0. The van der Waals surface area contributed by atoms with Crippen LogP contribution in [0.3, 0.4) is 0 Å². The molecule has 1 aromatic rings. The van der Waals surface area contributed by atoms with Gasteiger partial charge in [-0.2, -0.15) is 0 Å². The van der Waals surface area contributed by atoms with Crippen molar-refractivity contribution in [2.24, 2.45) is 0 Å². The number of aryl methyl sites for hydroxylation is 1. The molecular weight excluding hydrogens is 364 g/mol. The van der Waals surface area contributed by atoms with E-state index in [1.54, 1.807) is 0 Å². The molecule has 0 saturated carbocycles. The lowest BCUT2D eigenvalue weighted by Crippen LogP contribution is -2.10. The van der Waals surface area contributed by atoms with Gasteiger partial charge >= 0.3 is 0 Å². The van der Waals surface area contributed by atoms with E-state index in [0.717, 1.165) is 12.2 Å². The van der Waals surface area contributed by atoms with Gasteiger partial charge in [-0.05, 0) is 71.9 Å². The fourth-order valence-corrected chi connectivity index (χ4v) is 1.52. The molecule has 0 heterocycles. The first-order valence-electron chi connectivity index (χ1n) is 3.86. The number of rotatable bonds is 2. The summed E-state index contributed by atoms with van der Waals surface area (Å²) >= 11 is 9.82. The van der Waals surface area contributed by atoms with Crippen LogP contribution in [0.5, 0.6) is 5.75 Å². The van der Waals surface area contributed by atoms with Gasteiger partial charge in [0.25, 0.3) is 2.33 Å². The van der Waals surface area contributed by atoms with E-state index >= 15 is 0 Å². The zero-order valence-corrected chi connectivity index (χ0v) is 11.8. The minimum absolute atomic E-state index is 0.667. The number of benzene rings is 1. The van der Waals surface area contributed by atoms with Gasteiger partial charge in [0.2, 0.25) is 0 Å². The molecule has 1 nitrogen and oxygen atoms in total. The summed E-state index contributed by atoms with van der Waals surface area (Å²) in [6.45, 7) is 2.11. The molecule has 0 spiro atoms. The van der Waals surface area contributed by atoms with Crippen LogP contribution < -0.4 is 4.74 Å². The van der Waals surface area contributed by atoms with Crippen molar-refractivity contribution in [3.63, 3.8) is 0 Å². The van der Waals surface area contributed by atoms with Crippen molar-refractivity contribution in [1.82, 2.24) is 0 Å². The van der Waals surface area contributed by atoms with Crippen molar-refractivity contribution in [1.29, 1.82) is 0 Å². The summed E-state index contributed by atoms with van der Waals surface area (Å²) in [6.07, 6.45) is 1.01. The van der Waals surface area contributed by atoms with Gasteiger partial charge in [0.1, 0.15) is 5.75 Å². The summed E-state index contributed by atoms with van der Waals surface area (Å²) in [7, 11) is 0. The van der Waals surface area contributed by atoms with Crippen LogP contribution in [0.15, 0.2) is 24.3 Å². The Kier molecular flexibility index (Phi) is 4.26. The highest BCUT2D eigenvalue weighted by Gasteiger charge is 2.19.